The van der Waals surface area contributed by atoms with Gasteiger partial charge in [-0.05, 0) is 31.2 Å². The number of rotatable bonds is 7. The van der Waals surface area contributed by atoms with E-state index in [-0.39, 0.29) is 0 Å². The van der Waals surface area contributed by atoms with Crippen molar-refractivity contribution >= 4 is 11.0 Å². The van der Waals surface area contributed by atoms with E-state index in [1.807, 2.05) is 30.3 Å². The van der Waals surface area contributed by atoms with Gasteiger partial charge in [-0.3, -0.25) is 9.80 Å². The van der Waals surface area contributed by atoms with Gasteiger partial charge in [-0.25, -0.2) is 4.98 Å². The van der Waals surface area contributed by atoms with E-state index >= 15 is 0 Å². The summed E-state index contributed by atoms with van der Waals surface area (Å²) in [4.78, 5) is 9.73. The molecule has 0 spiro atoms. The van der Waals surface area contributed by atoms with Crippen molar-refractivity contribution in [2.45, 2.75) is 13.5 Å². The molecule has 0 radical (unpaired) electrons. The molecular weight excluding hydrogens is 336 g/mol. The summed E-state index contributed by atoms with van der Waals surface area (Å²) in [5.74, 6) is 2.06. The number of benzene rings is 2. The molecule has 3 aromatic rings. The molecule has 1 fully saturated rings. The van der Waals surface area contributed by atoms with Gasteiger partial charge < -0.3 is 9.30 Å². The van der Waals surface area contributed by atoms with E-state index in [1.54, 1.807) is 0 Å². The lowest BCUT2D eigenvalue weighted by atomic mass is 10.3. The lowest BCUT2D eigenvalue weighted by Crippen LogP contribution is -2.48. The van der Waals surface area contributed by atoms with Crippen LogP contribution in [-0.4, -0.2) is 65.2 Å². The third kappa shape index (κ3) is 4.49. The first kappa shape index (κ1) is 18.0. The van der Waals surface area contributed by atoms with Gasteiger partial charge in [0.1, 0.15) is 18.2 Å². The summed E-state index contributed by atoms with van der Waals surface area (Å²) >= 11 is 0. The van der Waals surface area contributed by atoms with Crippen LogP contribution in [0.25, 0.3) is 11.0 Å². The summed E-state index contributed by atoms with van der Waals surface area (Å²) in [6, 6.07) is 18.5. The molecule has 0 bridgehead atoms. The van der Waals surface area contributed by atoms with Gasteiger partial charge in [-0.1, -0.05) is 30.3 Å². The quantitative estimate of drug-likeness (QED) is 0.645. The molecule has 1 saturated heterocycles. The minimum Gasteiger partial charge on any atom is -0.492 e. The summed E-state index contributed by atoms with van der Waals surface area (Å²) in [6.45, 7) is 10.4. The maximum Gasteiger partial charge on any atom is 0.119 e. The molecule has 0 N–H and O–H groups in total. The largest absolute Gasteiger partial charge is 0.492 e. The van der Waals surface area contributed by atoms with Crippen molar-refractivity contribution in [3.63, 3.8) is 0 Å². The number of para-hydroxylation sites is 3. The standard InChI is InChI=1S/C22H28N4O/c1-19-23-21-9-5-6-10-22(21)26(19)16-15-24-11-13-25(14-12-24)17-18-27-20-7-3-2-4-8-20/h2-10H,11-18H2,1H3. The molecule has 0 atom stereocenters. The van der Waals surface area contributed by atoms with Crippen molar-refractivity contribution in [1.82, 2.24) is 19.4 Å². The number of hydrogen-bond acceptors (Lipinski definition) is 4. The highest BCUT2D eigenvalue weighted by Gasteiger charge is 2.17. The minimum absolute atomic E-state index is 0.754. The fourth-order valence-corrected chi connectivity index (χ4v) is 3.77. The van der Waals surface area contributed by atoms with E-state index < -0.39 is 0 Å². The van der Waals surface area contributed by atoms with Crippen LogP contribution in [0.2, 0.25) is 0 Å². The molecule has 4 rings (SSSR count). The van der Waals surface area contributed by atoms with Crippen LogP contribution in [0.5, 0.6) is 5.75 Å². The Balaban J connectivity index is 1.21. The highest BCUT2D eigenvalue weighted by molar-refractivity contribution is 5.75. The molecule has 1 aliphatic rings. The van der Waals surface area contributed by atoms with Gasteiger partial charge in [0.05, 0.1) is 11.0 Å². The van der Waals surface area contributed by atoms with Crippen molar-refractivity contribution in [1.29, 1.82) is 0 Å². The van der Waals surface area contributed by atoms with Gasteiger partial charge in [0.2, 0.25) is 0 Å². The Labute approximate surface area is 161 Å². The molecule has 1 aliphatic heterocycles. The first-order valence-electron chi connectivity index (χ1n) is 9.84. The summed E-state index contributed by atoms with van der Waals surface area (Å²) in [5.41, 5.74) is 2.34. The zero-order valence-corrected chi connectivity index (χ0v) is 16.1. The van der Waals surface area contributed by atoms with Crippen LogP contribution in [-0.2, 0) is 6.54 Å². The molecule has 5 nitrogen and oxygen atoms in total. The predicted octanol–water partition coefficient (Wildman–Crippen LogP) is 3.04. The van der Waals surface area contributed by atoms with Crippen molar-refractivity contribution in [2.24, 2.45) is 0 Å². The molecule has 2 heterocycles. The number of aryl methyl sites for hydroxylation is 1. The van der Waals surface area contributed by atoms with Crippen molar-refractivity contribution in [2.75, 3.05) is 45.9 Å². The monoisotopic (exact) mass is 364 g/mol. The zero-order valence-electron chi connectivity index (χ0n) is 16.1. The third-order valence-electron chi connectivity index (χ3n) is 5.37. The van der Waals surface area contributed by atoms with Crippen LogP contribution in [0.4, 0.5) is 0 Å². The van der Waals surface area contributed by atoms with E-state index in [0.29, 0.717) is 0 Å². The summed E-state index contributed by atoms with van der Waals surface area (Å²) < 4.78 is 8.16. The summed E-state index contributed by atoms with van der Waals surface area (Å²) in [6.07, 6.45) is 0. The van der Waals surface area contributed by atoms with E-state index in [4.69, 9.17) is 4.74 Å². The van der Waals surface area contributed by atoms with Crippen molar-refractivity contribution < 1.29 is 4.74 Å². The summed E-state index contributed by atoms with van der Waals surface area (Å²) in [5, 5.41) is 0. The van der Waals surface area contributed by atoms with Crippen LogP contribution in [0.3, 0.4) is 0 Å². The summed E-state index contributed by atoms with van der Waals surface area (Å²) in [7, 11) is 0. The maximum absolute atomic E-state index is 5.82. The number of fused-ring (bicyclic) bond motifs is 1. The van der Waals surface area contributed by atoms with E-state index in [9.17, 15) is 0 Å². The number of aromatic nitrogens is 2. The lowest BCUT2D eigenvalue weighted by Gasteiger charge is -2.34. The zero-order chi connectivity index (χ0) is 18.5. The number of piperazine rings is 1. The van der Waals surface area contributed by atoms with Gasteiger partial charge >= 0.3 is 0 Å². The Bertz CT molecular complexity index is 853. The van der Waals surface area contributed by atoms with Crippen LogP contribution in [0.15, 0.2) is 54.6 Å². The van der Waals surface area contributed by atoms with Crippen LogP contribution in [0.1, 0.15) is 5.82 Å². The smallest absolute Gasteiger partial charge is 0.119 e. The van der Waals surface area contributed by atoms with E-state index in [1.165, 1.54) is 5.52 Å². The molecule has 142 valence electrons. The third-order valence-corrected chi connectivity index (χ3v) is 5.37. The number of ether oxygens (including phenoxy) is 1. The average Bonchev–Trinajstić information content (AvgIpc) is 3.03. The molecule has 5 heteroatoms. The average molecular weight is 364 g/mol. The van der Waals surface area contributed by atoms with Crippen molar-refractivity contribution in [3.05, 3.63) is 60.4 Å². The van der Waals surface area contributed by atoms with Crippen LogP contribution < -0.4 is 4.74 Å². The van der Waals surface area contributed by atoms with Crippen LogP contribution in [0, 0.1) is 6.92 Å². The second-order valence-corrected chi connectivity index (χ2v) is 7.14. The molecule has 0 amide bonds. The maximum atomic E-state index is 5.82. The van der Waals surface area contributed by atoms with Gasteiger partial charge in [-0.15, -0.1) is 0 Å². The second-order valence-electron chi connectivity index (χ2n) is 7.14. The van der Waals surface area contributed by atoms with E-state index in [2.05, 4.69) is 50.5 Å². The molecule has 2 aromatic carbocycles. The van der Waals surface area contributed by atoms with Crippen LogP contribution >= 0.6 is 0 Å². The number of imidazole rings is 1. The Morgan fingerprint density at radius 3 is 2.26 bits per heavy atom. The SMILES string of the molecule is Cc1nc2ccccc2n1CCN1CCN(CCOc2ccccc2)CC1. The lowest BCUT2D eigenvalue weighted by molar-refractivity contribution is 0.114. The number of nitrogens with zero attached hydrogens (tertiary/aromatic N) is 4. The molecule has 0 saturated carbocycles. The first-order chi connectivity index (χ1) is 13.3. The predicted molar refractivity (Wildman–Crippen MR) is 109 cm³/mol. The topological polar surface area (TPSA) is 33.5 Å². The molecule has 0 aliphatic carbocycles. The van der Waals surface area contributed by atoms with Gasteiger partial charge in [0.15, 0.2) is 0 Å². The normalized spacial score (nSPS) is 16.0. The Morgan fingerprint density at radius 1 is 0.815 bits per heavy atom. The minimum atomic E-state index is 0.754. The van der Waals surface area contributed by atoms with Gasteiger partial charge in [0.25, 0.3) is 0 Å². The molecular formula is C22H28N4O. The van der Waals surface area contributed by atoms with Gasteiger partial charge in [-0.2, -0.15) is 0 Å². The Hall–Kier alpha value is -2.37. The van der Waals surface area contributed by atoms with E-state index in [0.717, 1.165) is 69.5 Å². The first-order valence-corrected chi connectivity index (χ1v) is 9.84. The molecule has 1 aromatic heterocycles. The fraction of sp³-hybridized carbons (Fsp3) is 0.409. The highest BCUT2D eigenvalue weighted by Crippen LogP contribution is 2.15. The van der Waals surface area contributed by atoms with Crippen molar-refractivity contribution in [3.8, 4) is 5.75 Å². The Morgan fingerprint density at radius 2 is 1.48 bits per heavy atom. The van der Waals surface area contributed by atoms with Gasteiger partial charge in [0, 0.05) is 45.8 Å². The number of hydrogen-bond donors (Lipinski definition) is 0. The molecule has 27 heavy (non-hydrogen) atoms. The highest BCUT2D eigenvalue weighted by atomic mass is 16.5. The molecule has 0 unspecified atom stereocenters. The Kier molecular flexibility index (Phi) is 5.70. The fourth-order valence-electron chi connectivity index (χ4n) is 3.77. The second kappa shape index (κ2) is 8.55.